The minimum atomic E-state index is 1.14. The first-order valence-corrected chi connectivity index (χ1v) is 7.24. The number of rotatable bonds is 2. The van der Waals surface area contributed by atoms with Crippen LogP contribution in [0, 0.1) is 0 Å². The van der Waals surface area contributed by atoms with Crippen molar-refractivity contribution in [3.63, 3.8) is 0 Å². The number of aryl methyl sites for hydroxylation is 1. The molecule has 0 N–H and O–H groups in total. The van der Waals surface area contributed by atoms with Gasteiger partial charge in [0.05, 0.1) is 0 Å². The van der Waals surface area contributed by atoms with Crippen molar-refractivity contribution in [1.29, 1.82) is 0 Å². The van der Waals surface area contributed by atoms with Gasteiger partial charge in [0.25, 0.3) is 0 Å². The summed E-state index contributed by atoms with van der Waals surface area (Å²) in [6.07, 6.45) is 13.4. The molecular formula is C19H28. The van der Waals surface area contributed by atoms with Gasteiger partial charge in [0, 0.05) is 0 Å². The van der Waals surface area contributed by atoms with Gasteiger partial charge in [-0.2, -0.15) is 0 Å². The van der Waals surface area contributed by atoms with Gasteiger partial charge in [-0.05, 0) is 38.2 Å². The molecule has 0 atom stereocenters. The summed E-state index contributed by atoms with van der Waals surface area (Å²) >= 11 is 0. The van der Waals surface area contributed by atoms with E-state index in [9.17, 15) is 0 Å². The normalized spacial score (nSPS) is 12.3. The first-order valence-electron chi connectivity index (χ1n) is 7.24. The van der Waals surface area contributed by atoms with E-state index in [1.807, 2.05) is 13.0 Å². The van der Waals surface area contributed by atoms with E-state index < -0.39 is 0 Å². The predicted octanol–water partition coefficient (Wildman–Crippen LogP) is 6.11. The zero-order chi connectivity index (χ0) is 14.3. The summed E-state index contributed by atoms with van der Waals surface area (Å²) in [5, 5.41) is 0. The second-order valence-corrected chi connectivity index (χ2v) is 4.36. The monoisotopic (exact) mass is 256 g/mol. The van der Waals surface area contributed by atoms with E-state index in [0.717, 1.165) is 6.42 Å². The second kappa shape index (κ2) is 12.9. The first-order chi connectivity index (χ1) is 9.28. The smallest absolute Gasteiger partial charge is 0.0307 e. The maximum absolute atomic E-state index is 3.36. The average Bonchev–Trinajstić information content (AvgIpc) is 2.50. The third kappa shape index (κ3) is 10.1. The largest absolute Gasteiger partial charge is 0.103 e. The third-order valence-electron chi connectivity index (χ3n) is 2.73. The summed E-state index contributed by atoms with van der Waals surface area (Å²) in [5.41, 5.74) is 2.91. The number of benzene rings is 1. The summed E-state index contributed by atoms with van der Waals surface area (Å²) < 4.78 is 0. The van der Waals surface area contributed by atoms with Gasteiger partial charge in [0.1, 0.15) is 0 Å². The van der Waals surface area contributed by atoms with Gasteiger partial charge in [0.2, 0.25) is 0 Å². The molecule has 0 bridgehead atoms. The van der Waals surface area contributed by atoms with Crippen molar-refractivity contribution in [3.05, 3.63) is 72.4 Å². The predicted molar refractivity (Wildman–Crippen MR) is 88.4 cm³/mol. The van der Waals surface area contributed by atoms with Crippen LogP contribution in [0.25, 0.3) is 0 Å². The summed E-state index contributed by atoms with van der Waals surface area (Å²) in [6, 6.07) is 10.5. The number of hydrogen-bond donors (Lipinski definition) is 0. The van der Waals surface area contributed by atoms with Crippen LogP contribution in [0.15, 0.2) is 66.8 Å². The zero-order valence-electron chi connectivity index (χ0n) is 12.7. The van der Waals surface area contributed by atoms with E-state index in [1.165, 1.54) is 30.4 Å². The van der Waals surface area contributed by atoms with Crippen molar-refractivity contribution >= 4 is 0 Å². The zero-order valence-corrected chi connectivity index (χ0v) is 12.7. The topological polar surface area (TPSA) is 0 Å². The Kier molecular flexibility index (Phi) is 11.8. The number of allylic oxidation sites excluding steroid dienone is 5. The standard InChI is InChI=1S/C8H12.C8H10.C3H6/c2*1-2-8-6-4-3-5-7-8;1-3-2/h4,6-7H,2-3,5H2,1H3;3-7H,2H2,1H3;3H,1H2,2H3. The van der Waals surface area contributed by atoms with Gasteiger partial charge in [-0.25, -0.2) is 0 Å². The van der Waals surface area contributed by atoms with E-state index in [2.05, 4.69) is 62.9 Å². The van der Waals surface area contributed by atoms with Gasteiger partial charge in [-0.15, -0.1) is 6.58 Å². The molecule has 1 aromatic rings. The number of hydrogen-bond acceptors (Lipinski definition) is 0. The van der Waals surface area contributed by atoms with Crippen molar-refractivity contribution < 1.29 is 0 Å². The van der Waals surface area contributed by atoms with Crippen LogP contribution in [0.4, 0.5) is 0 Å². The highest BCUT2D eigenvalue weighted by molar-refractivity contribution is 5.21. The van der Waals surface area contributed by atoms with Crippen molar-refractivity contribution in [2.75, 3.05) is 0 Å². The van der Waals surface area contributed by atoms with Crippen LogP contribution >= 0.6 is 0 Å². The lowest BCUT2D eigenvalue weighted by Crippen LogP contribution is -1.80. The highest BCUT2D eigenvalue weighted by atomic mass is 14.0. The maximum Gasteiger partial charge on any atom is -0.0307 e. The molecule has 2 rings (SSSR count). The molecule has 0 heteroatoms. The van der Waals surface area contributed by atoms with Crippen molar-refractivity contribution in [1.82, 2.24) is 0 Å². The second-order valence-electron chi connectivity index (χ2n) is 4.36. The first kappa shape index (κ1) is 17.4. The molecule has 0 unspecified atom stereocenters. The fourth-order valence-corrected chi connectivity index (χ4v) is 1.64. The maximum atomic E-state index is 3.36. The van der Waals surface area contributed by atoms with Crippen LogP contribution < -0.4 is 0 Å². The summed E-state index contributed by atoms with van der Waals surface area (Å²) in [4.78, 5) is 0. The van der Waals surface area contributed by atoms with Gasteiger partial charge in [-0.1, -0.05) is 74.1 Å². The summed E-state index contributed by atoms with van der Waals surface area (Å²) in [5.74, 6) is 0. The molecule has 0 fully saturated rings. The lowest BCUT2D eigenvalue weighted by Gasteiger charge is -2.01. The van der Waals surface area contributed by atoms with Crippen LogP contribution in [0.3, 0.4) is 0 Å². The lowest BCUT2D eigenvalue weighted by molar-refractivity contribution is 0.984. The molecule has 0 nitrogen and oxygen atoms in total. The van der Waals surface area contributed by atoms with Gasteiger partial charge in [-0.3, -0.25) is 0 Å². The van der Waals surface area contributed by atoms with Crippen molar-refractivity contribution in [2.45, 2.75) is 46.5 Å². The molecule has 0 saturated heterocycles. The van der Waals surface area contributed by atoms with Crippen LogP contribution in [0.2, 0.25) is 0 Å². The molecule has 0 aliphatic heterocycles. The van der Waals surface area contributed by atoms with Crippen LogP contribution in [0.1, 0.15) is 45.6 Å². The molecule has 0 saturated carbocycles. The molecule has 0 heterocycles. The Labute approximate surface area is 119 Å². The Morgan fingerprint density at radius 3 is 2.00 bits per heavy atom. The van der Waals surface area contributed by atoms with E-state index in [4.69, 9.17) is 0 Å². The average molecular weight is 256 g/mol. The Bertz CT molecular complexity index is 368. The molecule has 1 aliphatic carbocycles. The van der Waals surface area contributed by atoms with Crippen molar-refractivity contribution in [3.8, 4) is 0 Å². The molecule has 0 spiro atoms. The highest BCUT2D eigenvalue weighted by Crippen LogP contribution is 2.11. The molecule has 1 aromatic carbocycles. The van der Waals surface area contributed by atoms with E-state index >= 15 is 0 Å². The van der Waals surface area contributed by atoms with Gasteiger partial charge in [0.15, 0.2) is 0 Å². The fourth-order valence-electron chi connectivity index (χ4n) is 1.64. The van der Waals surface area contributed by atoms with Gasteiger partial charge < -0.3 is 0 Å². The highest BCUT2D eigenvalue weighted by Gasteiger charge is 1.90. The Hall–Kier alpha value is -1.56. The molecule has 0 radical (unpaired) electrons. The lowest BCUT2D eigenvalue weighted by atomic mass is 10.1. The molecule has 19 heavy (non-hydrogen) atoms. The Morgan fingerprint density at radius 2 is 1.68 bits per heavy atom. The van der Waals surface area contributed by atoms with E-state index in [1.54, 1.807) is 6.08 Å². The van der Waals surface area contributed by atoms with Crippen molar-refractivity contribution in [2.24, 2.45) is 0 Å². The SMILES string of the molecule is C=CC.CCC1=CCCC=C1.CCc1ccccc1. The van der Waals surface area contributed by atoms with Crippen LogP contribution in [-0.2, 0) is 6.42 Å². The minimum Gasteiger partial charge on any atom is -0.103 e. The summed E-state index contributed by atoms with van der Waals surface area (Å²) in [6.45, 7) is 9.61. The molecule has 1 aliphatic rings. The summed E-state index contributed by atoms with van der Waals surface area (Å²) in [7, 11) is 0. The Morgan fingerprint density at radius 1 is 1.05 bits per heavy atom. The fraction of sp³-hybridized carbons (Fsp3) is 0.368. The molecular weight excluding hydrogens is 228 g/mol. The van der Waals surface area contributed by atoms with Crippen LogP contribution in [-0.4, -0.2) is 0 Å². The minimum absolute atomic E-state index is 1.14. The third-order valence-corrected chi connectivity index (χ3v) is 2.73. The molecule has 0 amide bonds. The molecule has 0 aromatic heterocycles. The Balaban J connectivity index is 0.000000284. The van der Waals surface area contributed by atoms with Gasteiger partial charge >= 0.3 is 0 Å². The van der Waals surface area contributed by atoms with Crippen LogP contribution in [0.5, 0.6) is 0 Å². The van der Waals surface area contributed by atoms with E-state index in [0.29, 0.717) is 0 Å². The quantitative estimate of drug-likeness (QED) is 0.560. The van der Waals surface area contributed by atoms with E-state index in [-0.39, 0.29) is 0 Å². The molecule has 104 valence electrons.